The van der Waals surface area contributed by atoms with E-state index in [4.69, 9.17) is 14.2 Å². The van der Waals surface area contributed by atoms with Crippen molar-refractivity contribution in [2.24, 2.45) is 0 Å². The zero-order valence-corrected chi connectivity index (χ0v) is 20.8. The fourth-order valence-electron chi connectivity index (χ4n) is 3.23. The largest absolute Gasteiger partial charge is 0.497 e. The van der Waals surface area contributed by atoms with Gasteiger partial charge in [-0.25, -0.2) is 0 Å². The molecule has 7 nitrogen and oxygen atoms in total. The van der Waals surface area contributed by atoms with Crippen LogP contribution >= 0.6 is 11.8 Å². The Kier molecular flexibility index (Phi) is 12.2. The number of thioether (sulfide) groups is 1. The maximum absolute atomic E-state index is 11.6. The fraction of sp³-hybridized carbons (Fsp3) is 0.423. The first-order valence-electron chi connectivity index (χ1n) is 11.3. The van der Waals surface area contributed by atoms with Gasteiger partial charge < -0.3 is 19.0 Å². The van der Waals surface area contributed by atoms with Crippen LogP contribution in [0.25, 0.3) is 0 Å². The Bertz CT molecular complexity index is 901. The van der Waals surface area contributed by atoms with E-state index in [0.717, 1.165) is 47.8 Å². The van der Waals surface area contributed by atoms with Crippen LogP contribution < -0.4 is 14.8 Å². The first-order valence-corrected chi connectivity index (χ1v) is 12.2. The number of amides is 2. The topological polar surface area (TPSA) is 90.9 Å². The summed E-state index contributed by atoms with van der Waals surface area (Å²) in [6, 6.07) is 15.2. The molecule has 0 radical (unpaired) electrons. The number of imide groups is 1. The molecule has 3 rings (SSSR count). The van der Waals surface area contributed by atoms with Crippen molar-refractivity contribution in [1.82, 2.24) is 5.32 Å². The number of nitrogens with one attached hydrogen (secondary N) is 1. The summed E-state index contributed by atoms with van der Waals surface area (Å²) in [5.74, 6) is 1.28. The third-order valence-electron chi connectivity index (χ3n) is 5.21. The van der Waals surface area contributed by atoms with Gasteiger partial charge in [0.1, 0.15) is 30.5 Å². The predicted octanol–water partition coefficient (Wildman–Crippen LogP) is 5.12. The van der Waals surface area contributed by atoms with E-state index in [9.17, 15) is 14.4 Å². The summed E-state index contributed by atoms with van der Waals surface area (Å²) < 4.78 is 16.5. The number of ether oxygens (including phenoxy) is 3. The Labute approximate surface area is 205 Å². The van der Waals surface area contributed by atoms with Gasteiger partial charge in [0.25, 0.3) is 5.24 Å². The molecule has 0 bridgehead atoms. The molecule has 1 aliphatic heterocycles. The molecule has 0 aromatic heterocycles. The lowest BCUT2D eigenvalue weighted by atomic mass is 10.1. The average molecular weight is 488 g/mol. The van der Waals surface area contributed by atoms with E-state index in [1.807, 2.05) is 48.5 Å². The normalized spacial score (nSPS) is 15.7. The maximum Gasteiger partial charge on any atom is 0.286 e. The lowest BCUT2D eigenvalue weighted by Crippen LogP contribution is -2.25. The monoisotopic (exact) mass is 487 g/mol. The van der Waals surface area contributed by atoms with E-state index in [-0.39, 0.29) is 22.5 Å². The standard InChI is InChI=1S/C20H21NO5S.C6H12O/c1-24-15-9-5-14(6-10-15)17(25-2)12-26-16-7-3-13(4-8-16)11-18-19(22)21-20(23)27-18;1-2-3-4-5-6-7/h3-10,17-18H,11-12H2,1-2H3,(H,21,22,23);6H,2-5H2,1H3. The van der Waals surface area contributed by atoms with Gasteiger partial charge >= 0.3 is 0 Å². The molecular formula is C26H33NO6S. The molecule has 0 aliphatic carbocycles. The zero-order chi connectivity index (χ0) is 24.8. The van der Waals surface area contributed by atoms with Gasteiger partial charge in [0, 0.05) is 13.5 Å². The van der Waals surface area contributed by atoms with Crippen molar-refractivity contribution in [2.45, 2.75) is 50.4 Å². The second-order valence-corrected chi connectivity index (χ2v) is 8.88. The third-order valence-corrected chi connectivity index (χ3v) is 6.19. The lowest BCUT2D eigenvalue weighted by molar-refractivity contribution is -0.119. The molecule has 1 heterocycles. The number of benzene rings is 2. The second-order valence-electron chi connectivity index (χ2n) is 7.70. The average Bonchev–Trinajstić information content (AvgIpc) is 3.18. The van der Waals surface area contributed by atoms with Gasteiger partial charge in [0.15, 0.2) is 0 Å². The molecule has 1 saturated heterocycles. The van der Waals surface area contributed by atoms with Gasteiger partial charge in [-0.3, -0.25) is 14.9 Å². The van der Waals surface area contributed by atoms with Crippen LogP contribution in [0.4, 0.5) is 4.79 Å². The van der Waals surface area contributed by atoms with Crippen molar-refractivity contribution in [2.75, 3.05) is 20.8 Å². The van der Waals surface area contributed by atoms with E-state index in [0.29, 0.717) is 18.8 Å². The molecule has 1 fully saturated rings. The summed E-state index contributed by atoms with van der Waals surface area (Å²) in [6.45, 7) is 2.50. The van der Waals surface area contributed by atoms with Gasteiger partial charge in [-0.05, 0) is 48.2 Å². The Morgan fingerprint density at radius 1 is 1.00 bits per heavy atom. The summed E-state index contributed by atoms with van der Waals surface area (Å²) in [6.07, 6.45) is 5.51. The number of hydrogen-bond donors (Lipinski definition) is 1. The Balaban J connectivity index is 0.000000509. The number of rotatable bonds is 12. The maximum atomic E-state index is 11.6. The zero-order valence-electron chi connectivity index (χ0n) is 20.0. The summed E-state index contributed by atoms with van der Waals surface area (Å²) >= 11 is 1.03. The van der Waals surface area contributed by atoms with Crippen LogP contribution in [0.1, 0.15) is 49.8 Å². The van der Waals surface area contributed by atoms with Crippen LogP contribution in [0.15, 0.2) is 48.5 Å². The number of carbonyl (C=O) groups is 3. The summed E-state index contributed by atoms with van der Waals surface area (Å²) in [4.78, 5) is 32.6. The van der Waals surface area contributed by atoms with Gasteiger partial charge in [-0.15, -0.1) is 0 Å². The summed E-state index contributed by atoms with van der Waals surface area (Å²) in [5, 5.41) is 1.65. The van der Waals surface area contributed by atoms with Gasteiger partial charge in [-0.1, -0.05) is 55.8 Å². The highest BCUT2D eigenvalue weighted by atomic mass is 32.2. The minimum Gasteiger partial charge on any atom is -0.497 e. The van der Waals surface area contributed by atoms with Crippen molar-refractivity contribution in [3.05, 3.63) is 59.7 Å². The molecular weight excluding hydrogens is 454 g/mol. The molecule has 0 saturated carbocycles. The van der Waals surface area contributed by atoms with Crippen molar-refractivity contribution in [3.8, 4) is 11.5 Å². The van der Waals surface area contributed by atoms with E-state index in [1.54, 1.807) is 14.2 Å². The van der Waals surface area contributed by atoms with Crippen LogP contribution in [0.2, 0.25) is 0 Å². The van der Waals surface area contributed by atoms with E-state index in [1.165, 1.54) is 12.8 Å². The first kappa shape index (κ1) is 27.4. The van der Waals surface area contributed by atoms with E-state index in [2.05, 4.69) is 12.2 Å². The van der Waals surface area contributed by atoms with Gasteiger partial charge in [0.05, 0.1) is 12.4 Å². The molecule has 8 heteroatoms. The van der Waals surface area contributed by atoms with Crippen LogP contribution in [-0.2, 0) is 20.7 Å². The number of unbranched alkanes of at least 4 members (excludes halogenated alkanes) is 3. The molecule has 1 aliphatic rings. The second kappa shape index (κ2) is 15.1. The lowest BCUT2D eigenvalue weighted by Gasteiger charge is -2.17. The van der Waals surface area contributed by atoms with E-state index >= 15 is 0 Å². The van der Waals surface area contributed by atoms with Crippen LogP contribution in [0.5, 0.6) is 11.5 Å². The molecule has 34 heavy (non-hydrogen) atoms. The highest BCUT2D eigenvalue weighted by molar-refractivity contribution is 8.15. The van der Waals surface area contributed by atoms with Crippen molar-refractivity contribution in [3.63, 3.8) is 0 Å². The Morgan fingerprint density at radius 2 is 1.68 bits per heavy atom. The molecule has 2 amide bonds. The van der Waals surface area contributed by atoms with Crippen LogP contribution in [0, 0.1) is 0 Å². The predicted molar refractivity (Wildman–Crippen MR) is 134 cm³/mol. The first-order chi connectivity index (χ1) is 16.5. The van der Waals surface area contributed by atoms with E-state index < -0.39 is 0 Å². The van der Waals surface area contributed by atoms with Gasteiger partial charge in [-0.2, -0.15) is 0 Å². The number of aldehydes is 1. The van der Waals surface area contributed by atoms with Crippen molar-refractivity contribution < 1.29 is 28.6 Å². The van der Waals surface area contributed by atoms with Crippen LogP contribution in [-0.4, -0.2) is 43.5 Å². The fourth-order valence-corrected chi connectivity index (χ4v) is 4.09. The summed E-state index contributed by atoms with van der Waals surface area (Å²) in [7, 11) is 3.28. The molecule has 2 aromatic carbocycles. The molecule has 184 valence electrons. The molecule has 2 unspecified atom stereocenters. The quantitative estimate of drug-likeness (QED) is 0.328. The Morgan fingerprint density at radius 3 is 2.21 bits per heavy atom. The SMILES string of the molecule is CCCCCC=O.COc1ccc(C(COc2ccc(CC3SC(=O)NC3=O)cc2)OC)cc1. The Hall–Kier alpha value is -2.84. The highest BCUT2D eigenvalue weighted by Crippen LogP contribution is 2.25. The number of carbonyl (C=O) groups excluding carboxylic acids is 3. The molecule has 1 N–H and O–H groups in total. The summed E-state index contributed by atoms with van der Waals surface area (Å²) in [5.41, 5.74) is 1.98. The number of hydrogen-bond acceptors (Lipinski definition) is 7. The third kappa shape index (κ3) is 9.19. The minimum absolute atomic E-state index is 0.194. The minimum atomic E-state index is -0.364. The van der Waals surface area contributed by atoms with Gasteiger partial charge in [0.2, 0.25) is 5.91 Å². The number of methoxy groups -OCH3 is 2. The van der Waals surface area contributed by atoms with Crippen LogP contribution in [0.3, 0.4) is 0 Å². The molecule has 0 spiro atoms. The molecule has 2 atom stereocenters. The van der Waals surface area contributed by atoms with Crippen molar-refractivity contribution in [1.29, 1.82) is 0 Å². The molecule has 2 aromatic rings. The smallest absolute Gasteiger partial charge is 0.286 e. The highest BCUT2D eigenvalue weighted by Gasteiger charge is 2.31. The van der Waals surface area contributed by atoms with Crippen molar-refractivity contribution >= 4 is 29.2 Å².